The third-order valence-corrected chi connectivity index (χ3v) is 5.57. The number of rotatable bonds is 1. The van der Waals surface area contributed by atoms with E-state index in [4.69, 9.17) is 0 Å². The van der Waals surface area contributed by atoms with Gasteiger partial charge in [-0.15, -0.1) is 39.7 Å². The van der Waals surface area contributed by atoms with Crippen LogP contribution in [0.1, 0.15) is 47.1 Å². The van der Waals surface area contributed by atoms with Gasteiger partial charge in [-0.3, -0.25) is 0 Å². The summed E-state index contributed by atoms with van der Waals surface area (Å²) in [5.74, 6) is 0. The van der Waals surface area contributed by atoms with Crippen molar-refractivity contribution >= 4 is 24.8 Å². The average Bonchev–Trinajstić information content (AvgIpc) is 3.14. The van der Waals surface area contributed by atoms with Gasteiger partial charge < -0.3 is 24.8 Å². The zero-order valence-corrected chi connectivity index (χ0v) is 22.1. The molecule has 0 radical (unpaired) electrons. The number of allylic oxidation sites excluding steroid dienone is 4. The molecule has 0 nitrogen and oxygen atoms in total. The molecule has 1 aliphatic rings. The summed E-state index contributed by atoms with van der Waals surface area (Å²) in [5, 5.41) is 5.39. The Morgan fingerprint density at radius 2 is 1.52 bits per heavy atom. The fourth-order valence-corrected chi connectivity index (χ4v) is 4.41. The summed E-state index contributed by atoms with van der Waals surface area (Å²) < 4.78 is 1.51. The fourth-order valence-electron chi connectivity index (χ4n) is 4.41. The van der Waals surface area contributed by atoms with Gasteiger partial charge in [-0.25, -0.2) is 0 Å². The molecule has 1 atom stereocenters. The third-order valence-electron chi connectivity index (χ3n) is 5.57. The smallest absolute Gasteiger partial charge is 1.00 e. The van der Waals surface area contributed by atoms with Crippen LogP contribution in [0.5, 0.6) is 0 Å². The first-order chi connectivity index (χ1) is 12.7. The van der Waals surface area contributed by atoms with Crippen LogP contribution in [-0.4, -0.2) is 3.21 Å². The predicted octanol–water partition coefficient (Wildman–Crippen LogP) is 1.27. The molecule has 152 valence electrons. The standard InChI is InChI=1S/C23H23.C3H6.2ClH.Zr/c1-16-8-7-13-23(16,22(2,3)4)19-11-12-21-18(15-19)14-17-9-5-6-10-20(17)21;1-3-2;;;/h5-15H,1-4H3;1-2H3;2*1H;/q-1;;;;+2/p-2. The second kappa shape index (κ2) is 9.95. The van der Waals surface area contributed by atoms with Gasteiger partial charge in [0.1, 0.15) is 0 Å². The molecule has 29 heavy (non-hydrogen) atoms. The average molecular weight is 504 g/mol. The summed E-state index contributed by atoms with van der Waals surface area (Å²) in [6.45, 7) is 13.5. The van der Waals surface area contributed by atoms with E-state index >= 15 is 0 Å². The molecule has 3 heteroatoms. The summed E-state index contributed by atoms with van der Waals surface area (Å²) in [7, 11) is 0. The summed E-state index contributed by atoms with van der Waals surface area (Å²) >= 11 is 1.55. The van der Waals surface area contributed by atoms with E-state index in [1.165, 1.54) is 35.9 Å². The number of benzene rings is 2. The molecule has 0 saturated heterocycles. The van der Waals surface area contributed by atoms with E-state index in [1.807, 2.05) is 0 Å². The molecule has 3 aromatic rings. The second-order valence-corrected chi connectivity index (χ2v) is 11.3. The van der Waals surface area contributed by atoms with Gasteiger partial charge in [-0.05, 0) is 12.3 Å². The second-order valence-electron chi connectivity index (χ2n) is 8.80. The van der Waals surface area contributed by atoms with E-state index in [0.717, 1.165) is 0 Å². The van der Waals surface area contributed by atoms with Gasteiger partial charge in [-0.1, -0.05) is 80.5 Å². The van der Waals surface area contributed by atoms with E-state index in [1.54, 1.807) is 24.2 Å². The summed E-state index contributed by atoms with van der Waals surface area (Å²) in [6.07, 6.45) is 6.86. The molecule has 0 saturated carbocycles. The molecule has 3 aromatic carbocycles. The Bertz CT molecular complexity index is 1060. The first kappa shape index (κ1) is 26.2. The summed E-state index contributed by atoms with van der Waals surface area (Å²) in [4.78, 5) is 0. The fraction of sp³-hybridized carbons (Fsp3) is 0.308. The van der Waals surface area contributed by atoms with Crippen LogP contribution in [0.25, 0.3) is 21.5 Å². The van der Waals surface area contributed by atoms with E-state index in [-0.39, 0.29) is 35.6 Å². The van der Waals surface area contributed by atoms with Gasteiger partial charge in [0.15, 0.2) is 0 Å². The molecular weight excluding hydrogens is 474 g/mol. The molecule has 0 amide bonds. The van der Waals surface area contributed by atoms with Crippen molar-refractivity contribution in [2.45, 2.75) is 47.0 Å². The van der Waals surface area contributed by atoms with Crippen LogP contribution in [0.4, 0.5) is 0 Å². The minimum atomic E-state index is -0.00928. The third kappa shape index (κ3) is 4.90. The normalized spacial score (nSPS) is 17.9. The van der Waals surface area contributed by atoms with Crippen molar-refractivity contribution in [1.82, 2.24) is 0 Å². The Kier molecular flexibility index (Phi) is 8.98. The van der Waals surface area contributed by atoms with E-state index in [0.29, 0.717) is 0 Å². The van der Waals surface area contributed by atoms with Gasteiger partial charge in [0.25, 0.3) is 0 Å². The zero-order valence-electron chi connectivity index (χ0n) is 18.1. The van der Waals surface area contributed by atoms with Gasteiger partial charge in [0.05, 0.1) is 0 Å². The molecule has 0 fully saturated rings. The van der Waals surface area contributed by atoms with Crippen LogP contribution in [0.2, 0.25) is 0 Å². The largest absolute Gasteiger partial charge is 1.00 e. The molecule has 0 N–H and O–H groups in total. The number of hydrogen-bond acceptors (Lipinski definition) is 0. The summed E-state index contributed by atoms with van der Waals surface area (Å²) in [5.41, 5.74) is 2.96. The van der Waals surface area contributed by atoms with E-state index in [2.05, 4.69) is 108 Å². The minimum absolute atomic E-state index is 0. The van der Waals surface area contributed by atoms with Crippen molar-refractivity contribution in [1.29, 1.82) is 0 Å². The monoisotopic (exact) mass is 501 g/mol. The number of hydrogen-bond donors (Lipinski definition) is 0. The number of fused-ring (bicyclic) bond motifs is 3. The predicted molar refractivity (Wildman–Crippen MR) is 117 cm³/mol. The first-order valence-electron chi connectivity index (χ1n) is 9.64. The molecular formula is C26H29Cl2Zr-. The van der Waals surface area contributed by atoms with Crippen LogP contribution < -0.4 is 24.8 Å². The Morgan fingerprint density at radius 3 is 2.07 bits per heavy atom. The van der Waals surface area contributed by atoms with Crippen LogP contribution in [0.3, 0.4) is 0 Å². The van der Waals surface area contributed by atoms with Crippen LogP contribution in [-0.2, 0) is 29.7 Å². The Balaban J connectivity index is 0.000000646. The van der Waals surface area contributed by atoms with E-state index in [9.17, 15) is 0 Å². The quantitative estimate of drug-likeness (QED) is 0.439. The Morgan fingerprint density at radius 1 is 0.931 bits per heavy atom. The molecule has 0 aliphatic heterocycles. The van der Waals surface area contributed by atoms with Crippen molar-refractivity contribution in [2.24, 2.45) is 5.41 Å². The zero-order chi connectivity index (χ0) is 19.8. The molecule has 0 heterocycles. The number of halogens is 2. The van der Waals surface area contributed by atoms with Gasteiger partial charge in [0.2, 0.25) is 0 Å². The van der Waals surface area contributed by atoms with Crippen molar-refractivity contribution in [2.75, 3.05) is 0 Å². The van der Waals surface area contributed by atoms with Crippen molar-refractivity contribution in [3.63, 3.8) is 0 Å². The first-order valence-corrected chi connectivity index (χ1v) is 10.9. The molecule has 0 spiro atoms. The molecule has 1 unspecified atom stereocenters. The van der Waals surface area contributed by atoms with Gasteiger partial charge >= 0.3 is 41.3 Å². The van der Waals surface area contributed by atoms with Gasteiger partial charge in [0, 0.05) is 5.41 Å². The van der Waals surface area contributed by atoms with Crippen molar-refractivity contribution < 1.29 is 49.0 Å². The van der Waals surface area contributed by atoms with Crippen molar-refractivity contribution in [3.05, 3.63) is 77.9 Å². The Labute approximate surface area is 203 Å². The maximum atomic E-state index is 2.40. The molecule has 0 bridgehead atoms. The summed E-state index contributed by atoms with van der Waals surface area (Å²) in [6, 6.07) is 18.0. The van der Waals surface area contributed by atoms with Crippen LogP contribution in [0, 0.1) is 5.41 Å². The van der Waals surface area contributed by atoms with Crippen LogP contribution >= 0.6 is 0 Å². The van der Waals surface area contributed by atoms with Crippen LogP contribution in [0.15, 0.2) is 72.3 Å². The minimum Gasteiger partial charge on any atom is -1.00 e. The maximum Gasteiger partial charge on any atom is -1.00 e. The molecule has 0 aromatic heterocycles. The van der Waals surface area contributed by atoms with E-state index < -0.39 is 0 Å². The van der Waals surface area contributed by atoms with Crippen molar-refractivity contribution in [3.8, 4) is 0 Å². The SMILES string of the molecule is CC1=CC=CC1(c1ccc2c(c1)[cH-]c1ccccc12)C(C)(C)C.C[C](C)=[Zr+2].[Cl-].[Cl-]. The Hall–Kier alpha value is -0.877. The van der Waals surface area contributed by atoms with Gasteiger partial charge in [-0.2, -0.15) is 0 Å². The maximum absolute atomic E-state index is 2.40. The molecule has 1 aliphatic carbocycles. The molecule has 4 rings (SSSR count). The topological polar surface area (TPSA) is 0 Å².